The van der Waals surface area contributed by atoms with Gasteiger partial charge in [0.25, 0.3) is 0 Å². The van der Waals surface area contributed by atoms with E-state index in [1.165, 1.54) is 0 Å². The van der Waals surface area contributed by atoms with Crippen LogP contribution >= 0.6 is 39.9 Å². The van der Waals surface area contributed by atoms with Crippen molar-refractivity contribution in [1.82, 2.24) is 15.4 Å². The fourth-order valence-corrected chi connectivity index (χ4v) is 2.61. The largest absolute Gasteiger partial charge is 0.496 e. The van der Waals surface area contributed by atoms with Gasteiger partial charge >= 0.3 is 0 Å². The quantitative estimate of drug-likeness (QED) is 0.392. The summed E-state index contributed by atoms with van der Waals surface area (Å²) in [6.07, 6.45) is 1.56. The van der Waals surface area contributed by atoms with Crippen molar-refractivity contribution in [3.63, 3.8) is 0 Å². The lowest BCUT2D eigenvalue weighted by Gasteiger charge is -2.21. The van der Waals surface area contributed by atoms with Crippen LogP contribution in [0.25, 0.3) is 0 Å². The molecule has 0 aliphatic rings. The summed E-state index contributed by atoms with van der Waals surface area (Å²) < 4.78 is 11.0. The molecule has 0 aliphatic heterocycles. The first-order valence-electron chi connectivity index (χ1n) is 6.77. The fraction of sp³-hybridized carbons (Fsp3) is 0.333. The van der Waals surface area contributed by atoms with Crippen LogP contribution in [0.2, 0.25) is 0 Å². The SMILES string of the molecule is CN=C(NCc1ccc(OC)c(Br)c1)N(C)Cc1ccon1.I. The Hall–Kier alpha value is -1.29. The van der Waals surface area contributed by atoms with Crippen molar-refractivity contribution in [2.75, 3.05) is 21.2 Å². The predicted octanol–water partition coefficient (Wildman–Crippen LogP) is 3.27. The van der Waals surface area contributed by atoms with E-state index in [4.69, 9.17) is 9.26 Å². The second kappa shape index (κ2) is 9.76. The van der Waals surface area contributed by atoms with Crippen molar-refractivity contribution in [2.24, 2.45) is 4.99 Å². The van der Waals surface area contributed by atoms with Crippen LogP contribution in [0.15, 0.2) is 44.5 Å². The molecule has 0 saturated carbocycles. The Morgan fingerprint density at radius 1 is 1.43 bits per heavy atom. The van der Waals surface area contributed by atoms with Crippen molar-refractivity contribution >= 4 is 45.9 Å². The van der Waals surface area contributed by atoms with Gasteiger partial charge in [-0.25, -0.2) is 0 Å². The maximum Gasteiger partial charge on any atom is 0.194 e. The third-order valence-electron chi connectivity index (χ3n) is 3.13. The number of nitrogens with zero attached hydrogens (tertiary/aromatic N) is 3. The van der Waals surface area contributed by atoms with E-state index in [1.54, 1.807) is 20.4 Å². The Bertz CT molecular complexity index is 634. The van der Waals surface area contributed by atoms with Crippen molar-refractivity contribution in [2.45, 2.75) is 13.1 Å². The smallest absolute Gasteiger partial charge is 0.194 e. The molecule has 0 saturated heterocycles. The van der Waals surface area contributed by atoms with Gasteiger partial charge in [0.2, 0.25) is 0 Å². The van der Waals surface area contributed by atoms with Crippen LogP contribution in [0.1, 0.15) is 11.3 Å². The Balaban J connectivity index is 0.00000264. The number of aliphatic imine (C=N–C) groups is 1. The number of aromatic nitrogens is 1. The highest BCUT2D eigenvalue weighted by Gasteiger charge is 2.09. The molecule has 0 radical (unpaired) electrons. The van der Waals surface area contributed by atoms with Crippen LogP contribution in [-0.2, 0) is 13.1 Å². The van der Waals surface area contributed by atoms with Gasteiger partial charge < -0.3 is 19.5 Å². The van der Waals surface area contributed by atoms with Crippen molar-refractivity contribution in [3.05, 3.63) is 46.3 Å². The maximum absolute atomic E-state index is 5.23. The van der Waals surface area contributed by atoms with Gasteiger partial charge in [-0.3, -0.25) is 4.99 Å². The molecule has 8 heteroatoms. The number of guanidine groups is 1. The molecule has 0 unspecified atom stereocenters. The first-order valence-corrected chi connectivity index (χ1v) is 7.56. The van der Waals surface area contributed by atoms with Crippen molar-refractivity contribution < 1.29 is 9.26 Å². The van der Waals surface area contributed by atoms with E-state index in [1.807, 2.05) is 36.2 Å². The number of hydrogen-bond donors (Lipinski definition) is 1. The molecule has 2 rings (SSSR count). The Kier molecular flexibility index (Phi) is 8.38. The highest BCUT2D eigenvalue weighted by atomic mass is 127. The van der Waals surface area contributed by atoms with Gasteiger partial charge in [-0.05, 0) is 33.6 Å². The monoisotopic (exact) mass is 494 g/mol. The molecule has 6 nitrogen and oxygen atoms in total. The molecule has 1 aromatic carbocycles. The summed E-state index contributed by atoms with van der Waals surface area (Å²) in [5, 5.41) is 7.22. The Morgan fingerprint density at radius 2 is 2.22 bits per heavy atom. The van der Waals surface area contributed by atoms with Crippen LogP contribution in [0, 0.1) is 0 Å². The standard InChI is InChI=1S/C15H19BrN4O2.HI/c1-17-15(20(2)10-12-6-7-22-19-12)18-9-11-4-5-14(21-3)13(16)8-11;/h4-8H,9-10H2,1-3H3,(H,17,18);1H. The van der Waals surface area contributed by atoms with E-state index in [9.17, 15) is 0 Å². The van der Waals surface area contributed by atoms with Gasteiger partial charge in [0, 0.05) is 26.7 Å². The third-order valence-corrected chi connectivity index (χ3v) is 3.75. The molecule has 23 heavy (non-hydrogen) atoms. The Morgan fingerprint density at radius 3 is 2.78 bits per heavy atom. The molecular weight excluding hydrogens is 475 g/mol. The molecule has 2 aromatic rings. The molecule has 0 fully saturated rings. The number of nitrogens with one attached hydrogen (secondary N) is 1. The van der Waals surface area contributed by atoms with Gasteiger partial charge in [-0.2, -0.15) is 0 Å². The summed E-state index contributed by atoms with van der Waals surface area (Å²) in [6.45, 7) is 1.29. The number of methoxy groups -OCH3 is 1. The highest BCUT2D eigenvalue weighted by molar-refractivity contribution is 14.0. The zero-order valence-electron chi connectivity index (χ0n) is 13.2. The average Bonchev–Trinajstić information content (AvgIpc) is 3.01. The Labute approximate surface area is 161 Å². The van der Waals surface area contributed by atoms with Gasteiger partial charge in [-0.15, -0.1) is 24.0 Å². The van der Waals surface area contributed by atoms with E-state index in [2.05, 4.69) is 31.4 Å². The van der Waals surface area contributed by atoms with Crippen molar-refractivity contribution in [3.8, 4) is 5.75 Å². The van der Waals surface area contributed by atoms with Gasteiger partial charge in [0.15, 0.2) is 5.96 Å². The number of halogens is 2. The summed E-state index contributed by atoms with van der Waals surface area (Å²) in [7, 11) is 5.36. The topological polar surface area (TPSA) is 62.9 Å². The predicted molar refractivity (Wildman–Crippen MR) is 104 cm³/mol. The van der Waals surface area contributed by atoms with E-state index in [-0.39, 0.29) is 24.0 Å². The molecule has 0 atom stereocenters. The summed E-state index contributed by atoms with van der Waals surface area (Å²) in [5.74, 6) is 1.60. The molecule has 1 N–H and O–H groups in total. The normalized spacial score (nSPS) is 10.9. The fourth-order valence-electron chi connectivity index (χ4n) is 2.02. The molecule has 1 heterocycles. The summed E-state index contributed by atoms with van der Waals surface area (Å²) in [6, 6.07) is 7.81. The number of ether oxygens (including phenoxy) is 1. The van der Waals surface area contributed by atoms with E-state index >= 15 is 0 Å². The minimum absolute atomic E-state index is 0. The van der Waals surface area contributed by atoms with Crippen LogP contribution in [0.4, 0.5) is 0 Å². The van der Waals surface area contributed by atoms with E-state index in [0.717, 1.165) is 27.4 Å². The maximum atomic E-state index is 5.23. The lowest BCUT2D eigenvalue weighted by atomic mass is 10.2. The third kappa shape index (κ3) is 5.69. The first kappa shape index (κ1) is 19.8. The second-order valence-corrected chi connectivity index (χ2v) is 5.57. The first-order chi connectivity index (χ1) is 10.6. The lowest BCUT2D eigenvalue weighted by Crippen LogP contribution is -2.38. The van der Waals surface area contributed by atoms with E-state index < -0.39 is 0 Å². The zero-order chi connectivity index (χ0) is 15.9. The number of hydrogen-bond acceptors (Lipinski definition) is 4. The number of rotatable bonds is 5. The molecule has 0 aliphatic carbocycles. The summed E-state index contributed by atoms with van der Waals surface area (Å²) in [4.78, 5) is 6.26. The summed E-state index contributed by atoms with van der Waals surface area (Å²) in [5.41, 5.74) is 1.99. The van der Waals surface area contributed by atoms with Crippen LogP contribution in [-0.4, -0.2) is 37.2 Å². The average molecular weight is 495 g/mol. The molecular formula is C15H20BrIN4O2. The summed E-state index contributed by atoms with van der Waals surface area (Å²) >= 11 is 3.49. The molecule has 0 spiro atoms. The second-order valence-electron chi connectivity index (χ2n) is 4.72. The minimum atomic E-state index is 0. The molecule has 1 aromatic heterocycles. The zero-order valence-corrected chi connectivity index (χ0v) is 17.2. The van der Waals surface area contributed by atoms with E-state index in [0.29, 0.717) is 13.1 Å². The molecule has 126 valence electrons. The molecule has 0 amide bonds. The van der Waals surface area contributed by atoms with Gasteiger partial charge in [-0.1, -0.05) is 11.2 Å². The minimum Gasteiger partial charge on any atom is -0.496 e. The van der Waals surface area contributed by atoms with Crippen LogP contribution in [0.5, 0.6) is 5.75 Å². The number of benzene rings is 1. The van der Waals surface area contributed by atoms with Crippen LogP contribution in [0.3, 0.4) is 0 Å². The van der Waals surface area contributed by atoms with Crippen LogP contribution < -0.4 is 10.1 Å². The van der Waals surface area contributed by atoms with Crippen molar-refractivity contribution in [1.29, 1.82) is 0 Å². The highest BCUT2D eigenvalue weighted by Crippen LogP contribution is 2.25. The van der Waals surface area contributed by atoms with Gasteiger partial charge in [0.1, 0.15) is 17.7 Å². The van der Waals surface area contributed by atoms with Gasteiger partial charge in [0.05, 0.1) is 18.1 Å². The molecule has 0 bridgehead atoms. The lowest BCUT2D eigenvalue weighted by molar-refractivity contribution is 0.391.